The Kier molecular flexibility index (Phi) is 6.20. The smallest absolute Gasteiger partial charge is 0.236 e. The number of anilines is 2. The van der Waals surface area contributed by atoms with Gasteiger partial charge in [0.15, 0.2) is 0 Å². The van der Waals surface area contributed by atoms with E-state index < -0.39 is 0 Å². The van der Waals surface area contributed by atoms with Crippen LogP contribution in [0.4, 0.5) is 11.6 Å². The number of piperazine rings is 1. The van der Waals surface area contributed by atoms with Gasteiger partial charge in [0.05, 0.1) is 24.7 Å². The second-order valence-corrected chi connectivity index (χ2v) is 10.5. The van der Waals surface area contributed by atoms with E-state index in [1.165, 1.54) is 6.33 Å². The molecular weight excluding hydrogens is 452 g/mol. The summed E-state index contributed by atoms with van der Waals surface area (Å²) < 4.78 is 0. The molecule has 8 nitrogen and oxygen atoms in total. The van der Waals surface area contributed by atoms with Gasteiger partial charge in [-0.1, -0.05) is 30.7 Å². The van der Waals surface area contributed by atoms with Gasteiger partial charge in [0.25, 0.3) is 0 Å². The number of carbonyl (C=O) groups is 2. The van der Waals surface area contributed by atoms with Gasteiger partial charge in [0.2, 0.25) is 11.8 Å². The summed E-state index contributed by atoms with van der Waals surface area (Å²) in [6.07, 6.45) is 2.90. The summed E-state index contributed by atoms with van der Waals surface area (Å²) in [6, 6.07) is 8.53. The van der Waals surface area contributed by atoms with Gasteiger partial charge in [-0.3, -0.25) is 9.59 Å². The minimum atomic E-state index is -0.200. The van der Waals surface area contributed by atoms with Crippen LogP contribution < -0.4 is 15.5 Å². The summed E-state index contributed by atoms with van der Waals surface area (Å²) in [6.45, 7) is 8.43. The molecule has 180 valence electrons. The van der Waals surface area contributed by atoms with E-state index in [0.29, 0.717) is 36.4 Å². The maximum atomic E-state index is 13.8. The van der Waals surface area contributed by atoms with E-state index in [1.807, 2.05) is 24.3 Å². The zero-order chi connectivity index (χ0) is 24.0. The van der Waals surface area contributed by atoms with E-state index in [1.54, 1.807) is 0 Å². The van der Waals surface area contributed by atoms with Crippen LogP contribution in [-0.2, 0) is 9.59 Å². The zero-order valence-electron chi connectivity index (χ0n) is 19.9. The Labute approximate surface area is 205 Å². The van der Waals surface area contributed by atoms with Crippen LogP contribution in [-0.4, -0.2) is 64.4 Å². The van der Waals surface area contributed by atoms with Crippen LogP contribution in [0, 0.1) is 0 Å². The molecule has 9 heteroatoms. The molecule has 1 aliphatic carbocycles. The number of amides is 2. The summed E-state index contributed by atoms with van der Waals surface area (Å²) in [5.74, 6) is 1.58. The van der Waals surface area contributed by atoms with E-state index in [9.17, 15) is 9.59 Å². The molecule has 2 fully saturated rings. The minimum absolute atomic E-state index is 0.00388. The number of quaternary nitrogens is 1. The average molecular weight is 484 g/mol. The SMILES string of the molecule is CC(C)[NH2+]C[C@@H](C(=O)N1CCN(c2ncnc3c2[C@H](C)CC(=O)N3)[C@H]2C[C@H]21)c1ccc(Cl)cc1. The molecule has 4 atom stereocenters. The molecule has 0 spiro atoms. The maximum Gasteiger partial charge on any atom is 0.236 e. The van der Waals surface area contributed by atoms with Crippen molar-refractivity contribution in [3.63, 3.8) is 0 Å². The van der Waals surface area contributed by atoms with E-state index in [2.05, 4.69) is 51.2 Å². The molecule has 34 heavy (non-hydrogen) atoms. The summed E-state index contributed by atoms with van der Waals surface area (Å²) in [5, 5.41) is 5.79. The molecule has 1 aromatic carbocycles. The summed E-state index contributed by atoms with van der Waals surface area (Å²) in [4.78, 5) is 39.1. The summed E-state index contributed by atoms with van der Waals surface area (Å²) >= 11 is 6.10. The number of nitrogens with zero attached hydrogens (tertiary/aromatic N) is 4. The third-order valence-electron chi connectivity index (χ3n) is 7.18. The van der Waals surface area contributed by atoms with Gasteiger partial charge < -0.3 is 20.4 Å². The molecule has 0 radical (unpaired) electrons. The highest BCUT2D eigenvalue weighted by Crippen LogP contribution is 2.44. The first-order chi connectivity index (χ1) is 16.3. The lowest BCUT2D eigenvalue weighted by Crippen LogP contribution is -2.89. The normalized spacial score (nSPS) is 24.4. The van der Waals surface area contributed by atoms with Crippen LogP contribution in [0.25, 0.3) is 0 Å². The third kappa shape index (κ3) is 4.36. The minimum Gasteiger partial charge on any atom is -0.349 e. The fourth-order valence-corrected chi connectivity index (χ4v) is 5.46. The molecular formula is C25H32ClN6O2+. The van der Waals surface area contributed by atoms with E-state index in [-0.39, 0.29) is 35.7 Å². The fraction of sp³-hybridized carbons (Fsp3) is 0.520. The molecule has 1 saturated heterocycles. The Morgan fingerprint density at radius 2 is 1.97 bits per heavy atom. The standard InChI is InChI=1S/C25H31ClN6O2/c1-14(2)27-12-18(16-4-6-17(26)7-5-16)25(34)32-9-8-31(19-11-20(19)32)24-22-15(3)10-21(33)30-23(22)28-13-29-24/h4-7,13-15,18-20,27H,8-12H2,1-3H3,(H,28,29,30,33)/p+1/t15-,18-,19+,20-/m1/s1. The largest absolute Gasteiger partial charge is 0.349 e. The highest BCUT2D eigenvalue weighted by molar-refractivity contribution is 6.30. The molecule has 0 unspecified atom stereocenters. The zero-order valence-corrected chi connectivity index (χ0v) is 20.6. The molecule has 2 aliphatic heterocycles. The summed E-state index contributed by atoms with van der Waals surface area (Å²) in [7, 11) is 0. The number of rotatable bonds is 6. The van der Waals surface area contributed by atoms with Crippen molar-refractivity contribution in [2.24, 2.45) is 0 Å². The lowest BCUT2D eigenvalue weighted by molar-refractivity contribution is -0.683. The van der Waals surface area contributed by atoms with Gasteiger partial charge in [-0.25, -0.2) is 9.97 Å². The van der Waals surface area contributed by atoms with Crippen molar-refractivity contribution in [2.75, 3.05) is 29.9 Å². The third-order valence-corrected chi connectivity index (χ3v) is 7.43. The van der Waals surface area contributed by atoms with E-state index >= 15 is 0 Å². The number of carbonyl (C=O) groups excluding carboxylic acids is 2. The molecule has 1 aromatic heterocycles. The van der Waals surface area contributed by atoms with Crippen molar-refractivity contribution in [2.45, 2.75) is 63.6 Å². The summed E-state index contributed by atoms with van der Waals surface area (Å²) in [5.41, 5.74) is 2.03. The molecule has 3 heterocycles. The number of hydrogen-bond acceptors (Lipinski definition) is 5. The molecule has 3 aliphatic rings. The van der Waals surface area contributed by atoms with Crippen LogP contribution in [0.1, 0.15) is 56.6 Å². The maximum absolute atomic E-state index is 13.8. The monoisotopic (exact) mass is 483 g/mol. The van der Waals surface area contributed by atoms with Crippen molar-refractivity contribution >= 4 is 35.1 Å². The second-order valence-electron chi connectivity index (χ2n) is 10.0. The number of nitrogens with one attached hydrogen (secondary N) is 1. The Morgan fingerprint density at radius 3 is 2.71 bits per heavy atom. The van der Waals surface area contributed by atoms with Crippen LogP contribution in [0.3, 0.4) is 0 Å². The van der Waals surface area contributed by atoms with Crippen LogP contribution >= 0.6 is 11.6 Å². The first-order valence-electron chi connectivity index (χ1n) is 12.1. The lowest BCUT2D eigenvalue weighted by atomic mass is 9.94. The number of hydrogen-bond donors (Lipinski definition) is 2. The first-order valence-corrected chi connectivity index (χ1v) is 12.5. The second kappa shape index (κ2) is 9.15. The van der Waals surface area contributed by atoms with Crippen molar-refractivity contribution in [1.29, 1.82) is 0 Å². The lowest BCUT2D eigenvalue weighted by Gasteiger charge is -2.38. The number of nitrogens with two attached hydrogens (primary N) is 1. The van der Waals surface area contributed by atoms with Crippen molar-refractivity contribution < 1.29 is 14.9 Å². The Morgan fingerprint density at radius 1 is 1.21 bits per heavy atom. The number of fused-ring (bicyclic) bond motifs is 2. The predicted octanol–water partition coefficient (Wildman–Crippen LogP) is 2.12. The molecule has 1 saturated carbocycles. The molecule has 3 N–H and O–H groups in total. The van der Waals surface area contributed by atoms with Gasteiger partial charge in [0, 0.05) is 30.1 Å². The van der Waals surface area contributed by atoms with E-state index in [0.717, 1.165) is 29.9 Å². The predicted molar refractivity (Wildman–Crippen MR) is 131 cm³/mol. The van der Waals surface area contributed by atoms with Gasteiger partial charge in [0.1, 0.15) is 23.9 Å². The topological polar surface area (TPSA) is 95.0 Å². The Bertz CT molecular complexity index is 1090. The fourth-order valence-electron chi connectivity index (χ4n) is 5.34. The highest BCUT2D eigenvalue weighted by atomic mass is 35.5. The van der Waals surface area contributed by atoms with Crippen LogP contribution in [0.5, 0.6) is 0 Å². The van der Waals surface area contributed by atoms with Crippen molar-refractivity contribution in [3.05, 3.63) is 46.7 Å². The Balaban J connectivity index is 1.35. The highest BCUT2D eigenvalue weighted by Gasteiger charge is 2.53. The quantitative estimate of drug-likeness (QED) is 0.656. The molecule has 5 rings (SSSR count). The van der Waals surface area contributed by atoms with Crippen LogP contribution in [0.15, 0.2) is 30.6 Å². The van der Waals surface area contributed by atoms with Crippen molar-refractivity contribution in [3.8, 4) is 0 Å². The van der Waals surface area contributed by atoms with Gasteiger partial charge >= 0.3 is 0 Å². The average Bonchev–Trinajstić information content (AvgIpc) is 3.60. The van der Waals surface area contributed by atoms with Gasteiger partial charge in [-0.15, -0.1) is 0 Å². The van der Waals surface area contributed by atoms with Gasteiger partial charge in [-0.2, -0.15) is 0 Å². The molecule has 2 aromatic rings. The van der Waals surface area contributed by atoms with Crippen LogP contribution in [0.2, 0.25) is 5.02 Å². The van der Waals surface area contributed by atoms with E-state index in [4.69, 9.17) is 11.6 Å². The first kappa shape index (κ1) is 23.1. The van der Waals surface area contributed by atoms with Crippen molar-refractivity contribution in [1.82, 2.24) is 14.9 Å². The molecule has 0 bridgehead atoms. The number of benzene rings is 1. The molecule has 2 amide bonds. The number of aromatic nitrogens is 2. The Hall–Kier alpha value is -2.71. The van der Waals surface area contributed by atoms with Gasteiger partial charge in [-0.05, 0) is 43.9 Å². The number of halogens is 1.